The molecule has 2 unspecified atom stereocenters. The number of nitrogens with two attached hydrogens (primary N) is 1. The van der Waals surface area contributed by atoms with Gasteiger partial charge in [0.05, 0.1) is 6.10 Å². The number of pyridine rings is 1. The van der Waals surface area contributed by atoms with Crippen LogP contribution in [0.25, 0.3) is 0 Å². The third-order valence-corrected chi connectivity index (χ3v) is 3.66. The molecule has 1 aromatic rings. The molecule has 2 rings (SSSR count). The van der Waals surface area contributed by atoms with Gasteiger partial charge in [-0.25, -0.2) is 0 Å². The van der Waals surface area contributed by atoms with E-state index in [-0.39, 0.29) is 12.0 Å². The maximum absolute atomic E-state index is 10.4. The summed E-state index contributed by atoms with van der Waals surface area (Å²) in [5.74, 6) is 0.463. The van der Waals surface area contributed by atoms with Crippen LogP contribution in [0.15, 0.2) is 24.5 Å². The van der Waals surface area contributed by atoms with Crippen LogP contribution in [-0.4, -0.2) is 22.7 Å². The first-order valence-corrected chi connectivity index (χ1v) is 6.11. The van der Waals surface area contributed by atoms with E-state index in [1.54, 1.807) is 6.20 Å². The number of nitrogens with zero attached hydrogens (tertiary/aromatic N) is 1. The average Bonchev–Trinajstić information content (AvgIpc) is 2.85. The van der Waals surface area contributed by atoms with Crippen LogP contribution in [0.3, 0.4) is 0 Å². The van der Waals surface area contributed by atoms with E-state index in [1.807, 2.05) is 18.3 Å². The minimum Gasteiger partial charge on any atom is -0.392 e. The van der Waals surface area contributed by atoms with Crippen molar-refractivity contribution in [3.05, 3.63) is 30.1 Å². The molecule has 1 aliphatic rings. The lowest BCUT2D eigenvalue weighted by atomic mass is 9.85. The lowest BCUT2D eigenvalue weighted by Crippen LogP contribution is -2.31. The van der Waals surface area contributed by atoms with Gasteiger partial charge in [-0.2, -0.15) is 0 Å². The largest absolute Gasteiger partial charge is 0.392 e. The van der Waals surface area contributed by atoms with Crippen molar-refractivity contribution in [1.82, 2.24) is 4.98 Å². The van der Waals surface area contributed by atoms with Gasteiger partial charge in [-0.3, -0.25) is 4.98 Å². The second-order valence-electron chi connectivity index (χ2n) is 4.66. The predicted octanol–water partition coefficient (Wildman–Crippen LogP) is 1.68. The maximum atomic E-state index is 10.4. The summed E-state index contributed by atoms with van der Waals surface area (Å²) in [5, 5.41) is 10.4. The Bertz CT molecular complexity index is 309. The Morgan fingerprint density at radius 2 is 2.19 bits per heavy atom. The van der Waals surface area contributed by atoms with Crippen LogP contribution < -0.4 is 5.73 Å². The van der Waals surface area contributed by atoms with Crippen molar-refractivity contribution in [2.75, 3.05) is 6.54 Å². The fourth-order valence-corrected chi connectivity index (χ4v) is 2.70. The Balaban J connectivity index is 2.09. The standard InChI is InChI=1S/C13H20N2O/c14-8-12(11-6-3-7-15-9-11)13(16)10-4-1-2-5-10/h3,6-7,9-10,12-13,16H,1-2,4-5,8,14H2. The van der Waals surface area contributed by atoms with Crippen molar-refractivity contribution in [3.8, 4) is 0 Å². The highest BCUT2D eigenvalue weighted by Crippen LogP contribution is 2.33. The zero-order valence-corrected chi connectivity index (χ0v) is 9.55. The number of aliphatic hydroxyl groups is 1. The van der Waals surface area contributed by atoms with Gasteiger partial charge in [0.2, 0.25) is 0 Å². The smallest absolute Gasteiger partial charge is 0.0649 e. The summed E-state index contributed by atoms with van der Waals surface area (Å²) in [5.41, 5.74) is 6.85. The van der Waals surface area contributed by atoms with E-state index in [2.05, 4.69) is 4.98 Å². The van der Waals surface area contributed by atoms with E-state index in [9.17, 15) is 5.11 Å². The summed E-state index contributed by atoms with van der Waals surface area (Å²) >= 11 is 0. The van der Waals surface area contributed by atoms with Crippen molar-refractivity contribution < 1.29 is 5.11 Å². The van der Waals surface area contributed by atoms with Crippen LogP contribution in [-0.2, 0) is 0 Å². The van der Waals surface area contributed by atoms with Gasteiger partial charge in [-0.1, -0.05) is 18.9 Å². The van der Waals surface area contributed by atoms with Crippen LogP contribution in [0.4, 0.5) is 0 Å². The molecule has 3 nitrogen and oxygen atoms in total. The highest BCUT2D eigenvalue weighted by molar-refractivity contribution is 5.17. The molecular weight excluding hydrogens is 200 g/mol. The third kappa shape index (κ3) is 2.42. The first-order chi connectivity index (χ1) is 7.83. The molecule has 1 fully saturated rings. The summed E-state index contributed by atoms with van der Waals surface area (Å²) in [6.45, 7) is 0.489. The molecule has 3 heteroatoms. The summed E-state index contributed by atoms with van der Waals surface area (Å²) in [7, 11) is 0. The zero-order chi connectivity index (χ0) is 11.4. The molecule has 0 aliphatic heterocycles. The summed E-state index contributed by atoms with van der Waals surface area (Å²) in [6.07, 6.45) is 8.01. The fraction of sp³-hybridized carbons (Fsp3) is 0.615. The molecule has 3 N–H and O–H groups in total. The Morgan fingerprint density at radius 3 is 2.75 bits per heavy atom. The van der Waals surface area contributed by atoms with E-state index in [1.165, 1.54) is 12.8 Å². The number of hydrogen-bond donors (Lipinski definition) is 2. The highest BCUT2D eigenvalue weighted by Gasteiger charge is 2.30. The van der Waals surface area contributed by atoms with E-state index in [0.717, 1.165) is 18.4 Å². The van der Waals surface area contributed by atoms with Gasteiger partial charge in [0.1, 0.15) is 0 Å². The topological polar surface area (TPSA) is 59.1 Å². The average molecular weight is 220 g/mol. The Morgan fingerprint density at radius 1 is 1.44 bits per heavy atom. The SMILES string of the molecule is NCC(c1cccnc1)C(O)C1CCCC1. The van der Waals surface area contributed by atoms with Crippen molar-refractivity contribution in [2.45, 2.75) is 37.7 Å². The zero-order valence-electron chi connectivity index (χ0n) is 9.55. The lowest BCUT2D eigenvalue weighted by molar-refractivity contribution is 0.0850. The van der Waals surface area contributed by atoms with Crippen LogP contribution in [0, 0.1) is 5.92 Å². The summed E-state index contributed by atoms with van der Waals surface area (Å²) < 4.78 is 0. The predicted molar refractivity (Wildman–Crippen MR) is 64.0 cm³/mol. The van der Waals surface area contributed by atoms with E-state index < -0.39 is 0 Å². The van der Waals surface area contributed by atoms with Gasteiger partial charge in [-0.15, -0.1) is 0 Å². The number of aromatic nitrogens is 1. The number of hydrogen-bond acceptors (Lipinski definition) is 3. The minimum absolute atomic E-state index is 0.0387. The summed E-state index contributed by atoms with van der Waals surface area (Å²) in [6, 6.07) is 3.90. The number of aliphatic hydroxyl groups excluding tert-OH is 1. The van der Waals surface area contributed by atoms with Crippen LogP contribution in [0.5, 0.6) is 0 Å². The van der Waals surface area contributed by atoms with Crippen LogP contribution in [0.2, 0.25) is 0 Å². The minimum atomic E-state index is -0.309. The molecule has 2 atom stereocenters. The Labute approximate surface area is 96.7 Å². The molecule has 88 valence electrons. The van der Waals surface area contributed by atoms with E-state index >= 15 is 0 Å². The van der Waals surface area contributed by atoms with Crippen LogP contribution >= 0.6 is 0 Å². The Hall–Kier alpha value is -0.930. The van der Waals surface area contributed by atoms with Crippen molar-refractivity contribution in [2.24, 2.45) is 11.7 Å². The molecule has 0 radical (unpaired) electrons. The molecular formula is C13H20N2O. The maximum Gasteiger partial charge on any atom is 0.0649 e. The van der Waals surface area contributed by atoms with Crippen molar-refractivity contribution >= 4 is 0 Å². The lowest BCUT2D eigenvalue weighted by Gasteiger charge is -2.26. The first-order valence-electron chi connectivity index (χ1n) is 6.11. The van der Waals surface area contributed by atoms with Crippen molar-refractivity contribution in [3.63, 3.8) is 0 Å². The normalized spacial score (nSPS) is 20.9. The van der Waals surface area contributed by atoms with Gasteiger partial charge in [0.25, 0.3) is 0 Å². The van der Waals surface area contributed by atoms with Crippen molar-refractivity contribution in [1.29, 1.82) is 0 Å². The third-order valence-electron chi connectivity index (χ3n) is 3.66. The Kier molecular flexibility index (Phi) is 3.91. The summed E-state index contributed by atoms with van der Waals surface area (Å²) in [4.78, 5) is 4.10. The van der Waals surface area contributed by atoms with Gasteiger partial charge in [-0.05, 0) is 30.4 Å². The quantitative estimate of drug-likeness (QED) is 0.811. The van der Waals surface area contributed by atoms with Gasteiger partial charge in [0, 0.05) is 24.9 Å². The van der Waals surface area contributed by atoms with Gasteiger partial charge >= 0.3 is 0 Å². The molecule has 1 aromatic heterocycles. The van der Waals surface area contributed by atoms with Crippen LogP contribution in [0.1, 0.15) is 37.2 Å². The molecule has 0 aromatic carbocycles. The monoisotopic (exact) mass is 220 g/mol. The molecule has 0 spiro atoms. The molecule has 1 saturated carbocycles. The van der Waals surface area contributed by atoms with Gasteiger partial charge < -0.3 is 10.8 Å². The first kappa shape index (κ1) is 11.6. The second-order valence-corrected chi connectivity index (χ2v) is 4.66. The number of rotatable bonds is 4. The molecule has 1 aliphatic carbocycles. The molecule has 0 bridgehead atoms. The van der Waals surface area contributed by atoms with E-state index in [4.69, 9.17) is 5.73 Å². The molecule has 16 heavy (non-hydrogen) atoms. The van der Waals surface area contributed by atoms with Gasteiger partial charge in [0.15, 0.2) is 0 Å². The van der Waals surface area contributed by atoms with E-state index in [0.29, 0.717) is 12.5 Å². The molecule has 1 heterocycles. The fourth-order valence-electron chi connectivity index (χ4n) is 2.70. The highest BCUT2D eigenvalue weighted by atomic mass is 16.3. The second kappa shape index (κ2) is 5.41. The molecule has 0 saturated heterocycles. The molecule has 0 amide bonds.